The summed E-state index contributed by atoms with van der Waals surface area (Å²) in [5.41, 5.74) is 0.981. The van der Waals surface area contributed by atoms with Crippen LogP contribution in [0.15, 0.2) is 24.3 Å². The smallest absolute Gasteiger partial charge is 0.233 e. The number of rotatable bonds is 1. The summed E-state index contributed by atoms with van der Waals surface area (Å²) >= 11 is 2.30. The van der Waals surface area contributed by atoms with Crippen molar-refractivity contribution in [3.63, 3.8) is 0 Å². The van der Waals surface area contributed by atoms with E-state index in [1.807, 2.05) is 17.0 Å². The number of carbonyl (C=O) groups excluding carboxylic acids is 1. The van der Waals surface area contributed by atoms with E-state index in [4.69, 9.17) is 0 Å². The van der Waals surface area contributed by atoms with Crippen LogP contribution in [0.3, 0.4) is 0 Å². The number of carbonyl (C=O) groups is 1. The average molecular weight is 356 g/mol. The van der Waals surface area contributed by atoms with E-state index in [9.17, 15) is 4.79 Å². The van der Waals surface area contributed by atoms with Gasteiger partial charge in [0.15, 0.2) is 0 Å². The molecule has 0 bridgehead atoms. The highest BCUT2D eigenvalue weighted by atomic mass is 127. The number of hydrogen-bond acceptors (Lipinski definition) is 2. The van der Waals surface area contributed by atoms with Gasteiger partial charge in [-0.05, 0) is 73.1 Å². The lowest BCUT2D eigenvalue weighted by Crippen LogP contribution is -2.42. The summed E-state index contributed by atoms with van der Waals surface area (Å²) in [6.45, 7) is 2.83. The van der Waals surface area contributed by atoms with Gasteiger partial charge in [-0.2, -0.15) is 0 Å². The minimum absolute atomic E-state index is 0.0769. The third kappa shape index (κ3) is 2.05. The topological polar surface area (TPSA) is 32.3 Å². The van der Waals surface area contributed by atoms with Crippen molar-refractivity contribution in [2.75, 3.05) is 24.5 Å². The zero-order chi connectivity index (χ0) is 12.6. The first-order valence-corrected chi connectivity index (χ1v) is 7.57. The molecule has 1 spiro atoms. The molecule has 4 heteroatoms. The minimum atomic E-state index is -0.0769. The fourth-order valence-corrected chi connectivity index (χ4v) is 3.61. The van der Waals surface area contributed by atoms with E-state index < -0.39 is 0 Å². The van der Waals surface area contributed by atoms with Crippen molar-refractivity contribution < 1.29 is 4.79 Å². The van der Waals surface area contributed by atoms with Gasteiger partial charge in [0, 0.05) is 15.8 Å². The maximum Gasteiger partial charge on any atom is 0.233 e. The van der Waals surface area contributed by atoms with E-state index in [1.165, 1.54) is 3.57 Å². The molecule has 2 aliphatic heterocycles. The molecule has 2 saturated heterocycles. The molecular formula is C14H17IN2O. The number of nitrogens with one attached hydrogen (secondary N) is 1. The fourth-order valence-electron chi connectivity index (χ4n) is 3.08. The summed E-state index contributed by atoms with van der Waals surface area (Å²) in [6, 6.07) is 8.22. The molecule has 1 aromatic carbocycles. The van der Waals surface area contributed by atoms with Gasteiger partial charge >= 0.3 is 0 Å². The molecule has 2 aliphatic rings. The predicted molar refractivity (Wildman–Crippen MR) is 80.7 cm³/mol. The van der Waals surface area contributed by atoms with Crippen molar-refractivity contribution in [1.82, 2.24) is 5.32 Å². The molecule has 1 N–H and O–H groups in total. The van der Waals surface area contributed by atoms with Crippen LogP contribution in [-0.4, -0.2) is 25.5 Å². The minimum Gasteiger partial charge on any atom is -0.317 e. The summed E-state index contributed by atoms with van der Waals surface area (Å²) in [7, 11) is 0. The molecule has 2 heterocycles. The van der Waals surface area contributed by atoms with Gasteiger partial charge in [0.25, 0.3) is 0 Å². The van der Waals surface area contributed by atoms with Crippen LogP contribution in [-0.2, 0) is 4.79 Å². The van der Waals surface area contributed by atoms with Gasteiger partial charge in [0.2, 0.25) is 5.91 Å². The molecule has 3 rings (SSSR count). The molecule has 0 radical (unpaired) electrons. The van der Waals surface area contributed by atoms with E-state index in [0.29, 0.717) is 5.91 Å². The Balaban J connectivity index is 1.86. The Bertz CT molecular complexity index is 469. The molecule has 0 aromatic heterocycles. The van der Waals surface area contributed by atoms with Crippen LogP contribution in [0.2, 0.25) is 0 Å². The first-order valence-electron chi connectivity index (χ1n) is 6.50. The summed E-state index contributed by atoms with van der Waals surface area (Å²) in [6.07, 6.45) is 3.00. The average Bonchev–Trinajstić information content (AvgIpc) is 2.68. The first kappa shape index (κ1) is 12.4. The predicted octanol–water partition coefficient (Wildman–Crippen LogP) is 2.40. The lowest BCUT2D eigenvalue weighted by molar-refractivity contribution is -0.126. The Morgan fingerprint density at radius 3 is 2.72 bits per heavy atom. The van der Waals surface area contributed by atoms with Crippen LogP contribution < -0.4 is 10.2 Å². The number of nitrogens with zero attached hydrogens (tertiary/aromatic N) is 1. The van der Waals surface area contributed by atoms with Crippen LogP contribution >= 0.6 is 22.6 Å². The zero-order valence-corrected chi connectivity index (χ0v) is 12.4. The van der Waals surface area contributed by atoms with Gasteiger partial charge in [-0.1, -0.05) is 6.07 Å². The Morgan fingerprint density at radius 2 is 2.00 bits per heavy atom. The lowest BCUT2D eigenvalue weighted by atomic mass is 9.78. The second kappa shape index (κ2) is 4.81. The molecule has 0 aliphatic carbocycles. The van der Waals surface area contributed by atoms with Crippen molar-refractivity contribution in [3.05, 3.63) is 27.8 Å². The Labute approximate surface area is 121 Å². The van der Waals surface area contributed by atoms with Crippen LogP contribution in [0.25, 0.3) is 0 Å². The summed E-state index contributed by atoms with van der Waals surface area (Å²) < 4.78 is 1.18. The molecule has 96 valence electrons. The Morgan fingerprint density at radius 1 is 1.22 bits per heavy atom. The SMILES string of the molecule is O=C1N(c2cccc(I)c2)CCC12CCNCC2. The third-order valence-electron chi connectivity index (χ3n) is 4.19. The first-order chi connectivity index (χ1) is 8.71. The Hall–Kier alpha value is -0.620. The normalized spacial score (nSPS) is 22.7. The van der Waals surface area contributed by atoms with Gasteiger partial charge in [0.1, 0.15) is 0 Å². The maximum absolute atomic E-state index is 12.7. The lowest BCUT2D eigenvalue weighted by Gasteiger charge is -2.32. The Kier molecular flexibility index (Phi) is 3.32. The summed E-state index contributed by atoms with van der Waals surface area (Å²) in [4.78, 5) is 14.7. The van der Waals surface area contributed by atoms with E-state index in [0.717, 1.165) is 44.6 Å². The van der Waals surface area contributed by atoms with E-state index >= 15 is 0 Å². The zero-order valence-electron chi connectivity index (χ0n) is 10.3. The van der Waals surface area contributed by atoms with Gasteiger partial charge in [-0.15, -0.1) is 0 Å². The van der Waals surface area contributed by atoms with Crippen molar-refractivity contribution in [2.24, 2.45) is 5.41 Å². The molecule has 2 fully saturated rings. The molecule has 1 amide bonds. The highest BCUT2D eigenvalue weighted by Crippen LogP contribution is 2.41. The van der Waals surface area contributed by atoms with E-state index in [2.05, 4.69) is 40.0 Å². The van der Waals surface area contributed by atoms with Gasteiger partial charge < -0.3 is 10.2 Å². The van der Waals surface area contributed by atoms with Gasteiger partial charge in [-0.25, -0.2) is 0 Å². The molecule has 0 atom stereocenters. The second-order valence-electron chi connectivity index (χ2n) is 5.22. The molecule has 18 heavy (non-hydrogen) atoms. The number of anilines is 1. The van der Waals surface area contributed by atoms with Crippen LogP contribution in [0, 0.1) is 8.99 Å². The maximum atomic E-state index is 12.7. The molecule has 0 saturated carbocycles. The van der Waals surface area contributed by atoms with Crippen LogP contribution in [0.1, 0.15) is 19.3 Å². The van der Waals surface area contributed by atoms with Crippen LogP contribution in [0.4, 0.5) is 5.69 Å². The van der Waals surface area contributed by atoms with Crippen molar-refractivity contribution in [3.8, 4) is 0 Å². The number of hydrogen-bond donors (Lipinski definition) is 1. The fraction of sp³-hybridized carbons (Fsp3) is 0.500. The third-order valence-corrected chi connectivity index (χ3v) is 4.86. The largest absolute Gasteiger partial charge is 0.317 e. The molecular weight excluding hydrogens is 339 g/mol. The van der Waals surface area contributed by atoms with Gasteiger partial charge in [-0.3, -0.25) is 4.79 Å². The van der Waals surface area contributed by atoms with Crippen molar-refractivity contribution in [2.45, 2.75) is 19.3 Å². The number of halogens is 1. The van der Waals surface area contributed by atoms with E-state index in [-0.39, 0.29) is 5.41 Å². The standard InChI is InChI=1S/C14H17IN2O/c15-11-2-1-3-12(10-11)17-9-6-14(13(17)18)4-7-16-8-5-14/h1-3,10,16H,4-9H2. The summed E-state index contributed by atoms with van der Waals surface area (Å²) in [5.74, 6) is 0.339. The number of amides is 1. The highest BCUT2D eigenvalue weighted by Gasteiger charge is 2.47. The quantitative estimate of drug-likeness (QED) is 0.784. The highest BCUT2D eigenvalue weighted by molar-refractivity contribution is 14.1. The second-order valence-corrected chi connectivity index (χ2v) is 6.46. The molecule has 0 unspecified atom stereocenters. The van der Waals surface area contributed by atoms with Crippen molar-refractivity contribution >= 4 is 34.2 Å². The molecule has 1 aromatic rings. The van der Waals surface area contributed by atoms with Crippen LogP contribution in [0.5, 0.6) is 0 Å². The monoisotopic (exact) mass is 356 g/mol. The van der Waals surface area contributed by atoms with Gasteiger partial charge in [0.05, 0.1) is 5.41 Å². The number of benzene rings is 1. The summed E-state index contributed by atoms with van der Waals surface area (Å²) in [5, 5.41) is 3.35. The molecule has 3 nitrogen and oxygen atoms in total. The van der Waals surface area contributed by atoms with E-state index in [1.54, 1.807) is 0 Å². The number of piperidine rings is 1. The van der Waals surface area contributed by atoms with Crippen molar-refractivity contribution in [1.29, 1.82) is 0 Å².